The lowest BCUT2D eigenvalue weighted by atomic mass is 10.1. The molecule has 1 aromatic carbocycles. The van der Waals surface area contributed by atoms with Crippen molar-refractivity contribution >= 4 is 5.71 Å². The van der Waals surface area contributed by atoms with Gasteiger partial charge in [-0.05, 0) is 31.6 Å². The van der Waals surface area contributed by atoms with E-state index in [-0.39, 0.29) is 0 Å². The van der Waals surface area contributed by atoms with Crippen LogP contribution in [0.1, 0.15) is 18.1 Å². The number of benzene rings is 1. The molecule has 0 N–H and O–H groups in total. The van der Waals surface area contributed by atoms with Gasteiger partial charge >= 0.3 is 6.18 Å². The number of allylic oxidation sites excluding steroid dienone is 2. The predicted molar refractivity (Wildman–Crippen MR) is 63.5 cm³/mol. The zero-order valence-electron chi connectivity index (χ0n) is 9.97. The molecular weight excluding hydrogens is 227 g/mol. The lowest BCUT2D eigenvalue weighted by molar-refractivity contribution is -0.0912. The van der Waals surface area contributed by atoms with Crippen LogP contribution < -0.4 is 0 Å². The molecule has 0 aliphatic heterocycles. The standard InChI is InChI=1S/C13H14F3N/c1-9-5-4-6-11(7-9)12(17-3)8-10(2)13(14,15)16/h4-8H,1-3H3/b10-8+,17-12?. The summed E-state index contributed by atoms with van der Waals surface area (Å²) in [6, 6.07) is 7.24. The summed E-state index contributed by atoms with van der Waals surface area (Å²) in [5.41, 5.74) is 1.36. The Morgan fingerprint density at radius 2 is 1.94 bits per heavy atom. The lowest BCUT2D eigenvalue weighted by Crippen LogP contribution is -2.11. The number of nitrogens with zero attached hydrogens (tertiary/aromatic N) is 1. The molecule has 0 fully saturated rings. The summed E-state index contributed by atoms with van der Waals surface area (Å²) >= 11 is 0. The summed E-state index contributed by atoms with van der Waals surface area (Å²) < 4.78 is 37.3. The fraction of sp³-hybridized carbons (Fsp3) is 0.308. The van der Waals surface area contributed by atoms with Gasteiger partial charge in [0.05, 0.1) is 5.71 Å². The smallest absolute Gasteiger partial charge is 0.288 e. The maximum atomic E-state index is 12.4. The number of aryl methyl sites for hydroxylation is 1. The minimum atomic E-state index is -4.31. The number of aliphatic imine (C=N–C) groups is 1. The molecule has 92 valence electrons. The molecule has 0 aromatic heterocycles. The van der Waals surface area contributed by atoms with Crippen molar-refractivity contribution in [1.29, 1.82) is 0 Å². The van der Waals surface area contributed by atoms with E-state index in [0.717, 1.165) is 18.6 Å². The molecule has 0 spiro atoms. The molecule has 0 saturated carbocycles. The zero-order chi connectivity index (χ0) is 13.1. The normalized spacial score (nSPS) is 14.0. The number of alkyl halides is 3. The second-order valence-electron chi connectivity index (χ2n) is 3.80. The van der Waals surface area contributed by atoms with Crippen molar-refractivity contribution in [2.24, 2.45) is 4.99 Å². The second kappa shape index (κ2) is 5.17. The van der Waals surface area contributed by atoms with Crippen LogP contribution in [0.25, 0.3) is 0 Å². The summed E-state index contributed by atoms with van der Waals surface area (Å²) in [5, 5.41) is 0. The maximum absolute atomic E-state index is 12.4. The van der Waals surface area contributed by atoms with Crippen LogP contribution in [0.5, 0.6) is 0 Å². The Hall–Kier alpha value is -1.58. The van der Waals surface area contributed by atoms with Gasteiger partial charge in [0.1, 0.15) is 0 Å². The van der Waals surface area contributed by atoms with E-state index < -0.39 is 11.7 Å². The van der Waals surface area contributed by atoms with E-state index in [0.29, 0.717) is 11.3 Å². The third-order valence-electron chi connectivity index (χ3n) is 2.36. The van der Waals surface area contributed by atoms with Crippen LogP contribution >= 0.6 is 0 Å². The van der Waals surface area contributed by atoms with Gasteiger partial charge in [0.2, 0.25) is 0 Å². The Kier molecular flexibility index (Phi) is 4.10. The molecule has 1 rings (SSSR count). The highest BCUT2D eigenvalue weighted by Crippen LogP contribution is 2.25. The van der Waals surface area contributed by atoms with Gasteiger partial charge in [-0.1, -0.05) is 23.8 Å². The lowest BCUT2D eigenvalue weighted by Gasteiger charge is -2.08. The molecule has 0 unspecified atom stereocenters. The second-order valence-corrected chi connectivity index (χ2v) is 3.80. The molecule has 0 saturated heterocycles. The van der Waals surface area contributed by atoms with Crippen molar-refractivity contribution in [3.8, 4) is 0 Å². The predicted octanol–water partition coefficient (Wildman–Crippen LogP) is 3.92. The highest BCUT2D eigenvalue weighted by molar-refractivity contribution is 6.09. The van der Waals surface area contributed by atoms with E-state index >= 15 is 0 Å². The quantitative estimate of drug-likeness (QED) is 0.696. The molecule has 0 heterocycles. The fourth-order valence-electron chi connectivity index (χ4n) is 1.37. The van der Waals surface area contributed by atoms with Gasteiger partial charge in [-0.3, -0.25) is 4.99 Å². The molecule has 1 aromatic rings. The van der Waals surface area contributed by atoms with Crippen molar-refractivity contribution in [1.82, 2.24) is 0 Å². The fourth-order valence-corrected chi connectivity index (χ4v) is 1.37. The van der Waals surface area contributed by atoms with Gasteiger partial charge in [-0.25, -0.2) is 0 Å². The van der Waals surface area contributed by atoms with E-state index in [9.17, 15) is 13.2 Å². The molecule has 17 heavy (non-hydrogen) atoms. The molecule has 0 aliphatic rings. The van der Waals surface area contributed by atoms with E-state index in [1.807, 2.05) is 19.1 Å². The van der Waals surface area contributed by atoms with E-state index in [1.165, 1.54) is 7.05 Å². The average Bonchev–Trinajstić information content (AvgIpc) is 2.24. The van der Waals surface area contributed by atoms with E-state index in [1.54, 1.807) is 12.1 Å². The van der Waals surface area contributed by atoms with Crippen LogP contribution in [0.2, 0.25) is 0 Å². The van der Waals surface area contributed by atoms with Crippen molar-refractivity contribution < 1.29 is 13.2 Å². The van der Waals surface area contributed by atoms with Crippen molar-refractivity contribution in [3.63, 3.8) is 0 Å². The van der Waals surface area contributed by atoms with Crippen LogP contribution in [-0.4, -0.2) is 18.9 Å². The first kappa shape index (κ1) is 13.5. The van der Waals surface area contributed by atoms with Crippen LogP contribution in [0.15, 0.2) is 40.9 Å². The summed E-state index contributed by atoms with van der Waals surface area (Å²) in [6.07, 6.45) is -3.24. The Morgan fingerprint density at radius 3 is 2.41 bits per heavy atom. The Morgan fingerprint density at radius 1 is 1.29 bits per heavy atom. The van der Waals surface area contributed by atoms with Gasteiger partial charge in [0.15, 0.2) is 0 Å². The first-order chi connectivity index (χ1) is 7.84. The summed E-state index contributed by atoms with van der Waals surface area (Å²) in [5.74, 6) is 0. The van der Waals surface area contributed by atoms with Crippen LogP contribution in [0.4, 0.5) is 13.2 Å². The Bertz CT molecular complexity index is 456. The van der Waals surface area contributed by atoms with Gasteiger partial charge in [-0.2, -0.15) is 13.2 Å². The van der Waals surface area contributed by atoms with Crippen molar-refractivity contribution in [2.75, 3.05) is 7.05 Å². The molecular formula is C13H14F3N. The molecule has 0 amide bonds. The minimum absolute atomic E-state index is 0.337. The topological polar surface area (TPSA) is 12.4 Å². The number of halogens is 3. The third kappa shape index (κ3) is 3.73. The molecule has 1 nitrogen and oxygen atoms in total. The Balaban J connectivity index is 3.11. The highest BCUT2D eigenvalue weighted by Gasteiger charge is 2.30. The average molecular weight is 241 g/mol. The molecule has 4 heteroatoms. The van der Waals surface area contributed by atoms with E-state index in [4.69, 9.17) is 0 Å². The first-order valence-corrected chi connectivity index (χ1v) is 5.14. The van der Waals surface area contributed by atoms with Crippen LogP contribution in [0, 0.1) is 6.92 Å². The van der Waals surface area contributed by atoms with Crippen LogP contribution in [0.3, 0.4) is 0 Å². The number of rotatable bonds is 2. The number of hydrogen-bond acceptors (Lipinski definition) is 1. The molecule has 0 atom stereocenters. The maximum Gasteiger partial charge on any atom is 0.412 e. The van der Waals surface area contributed by atoms with Crippen molar-refractivity contribution in [2.45, 2.75) is 20.0 Å². The van der Waals surface area contributed by atoms with Gasteiger partial charge in [0.25, 0.3) is 0 Å². The SMILES string of the molecule is CN=C(/C=C(\C)C(F)(F)F)c1cccc(C)c1. The third-order valence-corrected chi connectivity index (χ3v) is 2.36. The minimum Gasteiger partial charge on any atom is -0.288 e. The van der Waals surface area contributed by atoms with E-state index in [2.05, 4.69) is 4.99 Å². The van der Waals surface area contributed by atoms with Crippen molar-refractivity contribution in [3.05, 3.63) is 47.0 Å². The molecule has 0 radical (unpaired) electrons. The summed E-state index contributed by atoms with van der Waals surface area (Å²) in [7, 11) is 1.48. The van der Waals surface area contributed by atoms with Crippen LogP contribution in [-0.2, 0) is 0 Å². The first-order valence-electron chi connectivity index (χ1n) is 5.14. The monoisotopic (exact) mass is 241 g/mol. The van der Waals surface area contributed by atoms with Gasteiger partial charge in [0, 0.05) is 12.6 Å². The Labute approximate surface area is 98.7 Å². The zero-order valence-corrected chi connectivity index (χ0v) is 9.97. The molecule has 0 aliphatic carbocycles. The van der Waals surface area contributed by atoms with Gasteiger partial charge in [-0.15, -0.1) is 0 Å². The summed E-state index contributed by atoms with van der Waals surface area (Å²) in [6.45, 7) is 2.93. The highest BCUT2D eigenvalue weighted by atomic mass is 19.4. The summed E-state index contributed by atoms with van der Waals surface area (Å²) in [4.78, 5) is 3.89. The van der Waals surface area contributed by atoms with Gasteiger partial charge < -0.3 is 0 Å². The number of hydrogen-bond donors (Lipinski definition) is 0. The molecule has 0 bridgehead atoms. The largest absolute Gasteiger partial charge is 0.412 e.